The molecule has 2 aliphatic heterocycles. The van der Waals surface area contributed by atoms with E-state index in [1.54, 1.807) is 11.8 Å². The Hall–Kier alpha value is -3.93. The quantitative estimate of drug-likeness (QED) is 0.0370. The predicted octanol–water partition coefficient (Wildman–Crippen LogP) is 12.8. The van der Waals surface area contributed by atoms with Crippen LogP contribution in [0.15, 0.2) is 136 Å². The maximum Gasteiger partial charge on any atom is 0.282 e. The van der Waals surface area contributed by atoms with Gasteiger partial charge in [-0.1, -0.05) is 154 Å². The monoisotopic (exact) mass is 1170 g/mol. The fourth-order valence-corrected chi connectivity index (χ4v) is 8.54. The summed E-state index contributed by atoms with van der Waals surface area (Å²) in [4.78, 5) is 13.1. The van der Waals surface area contributed by atoms with Crippen LogP contribution in [0.2, 0.25) is 0 Å². The molecule has 2 aliphatic rings. The molecule has 406 valence electrons. The normalized spacial score (nSPS) is 19.2. The van der Waals surface area contributed by atoms with Gasteiger partial charge in [0, 0.05) is 56.5 Å². The third-order valence-corrected chi connectivity index (χ3v) is 12.4. The van der Waals surface area contributed by atoms with Crippen molar-refractivity contribution in [3.63, 3.8) is 0 Å². The van der Waals surface area contributed by atoms with E-state index in [0.29, 0.717) is 37.1 Å². The summed E-state index contributed by atoms with van der Waals surface area (Å²) in [5.41, 5.74) is 7.79. The number of thiocarbonyl (C=S) groups is 1. The Kier molecular flexibility index (Phi) is 28.1. The third kappa shape index (κ3) is 25.9. The van der Waals surface area contributed by atoms with Crippen molar-refractivity contribution < 1.29 is 19.7 Å². The number of halogens is 2. The molecular formula is C58H89ClIN7O4S2. The van der Waals surface area contributed by atoms with Gasteiger partial charge in [0.1, 0.15) is 11.2 Å². The Morgan fingerprint density at radius 2 is 1.07 bits per heavy atom. The molecule has 7 N–H and O–H groups in total. The first-order valence-corrected chi connectivity index (χ1v) is 26.5. The number of nitrogens with one attached hydrogen (secondary N) is 3. The highest BCUT2D eigenvalue weighted by Crippen LogP contribution is 2.35. The lowest BCUT2D eigenvalue weighted by Crippen LogP contribution is -2.47. The van der Waals surface area contributed by atoms with Crippen LogP contribution in [-0.2, 0) is 31.9 Å². The molecule has 0 spiro atoms. The minimum absolute atomic E-state index is 0. The third-order valence-electron chi connectivity index (χ3n) is 11.6. The summed E-state index contributed by atoms with van der Waals surface area (Å²) in [6.45, 7) is 29.8. The minimum Gasteiger partial charge on any atom is -0.470 e. The van der Waals surface area contributed by atoms with Crippen LogP contribution in [-0.4, -0.2) is 75.9 Å². The Morgan fingerprint density at radius 3 is 1.48 bits per heavy atom. The number of hydrogen-bond donors (Lipinski definition) is 6. The van der Waals surface area contributed by atoms with Crippen LogP contribution in [0.1, 0.15) is 144 Å². The molecule has 4 atom stereocenters. The molecule has 73 heavy (non-hydrogen) atoms. The van der Waals surface area contributed by atoms with Gasteiger partial charge < -0.3 is 41.4 Å². The van der Waals surface area contributed by atoms with Gasteiger partial charge in [0.15, 0.2) is 16.2 Å². The zero-order valence-corrected chi connectivity index (χ0v) is 51.0. The van der Waals surface area contributed by atoms with Crippen LogP contribution in [0.25, 0.3) is 0 Å². The summed E-state index contributed by atoms with van der Waals surface area (Å²) >= 11 is 6.80. The molecule has 4 aromatic carbocycles. The van der Waals surface area contributed by atoms with Gasteiger partial charge in [-0.05, 0) is 128 Å². The van der Waals surface area contributed by atoms with E-state index in [1.807, 2.05) is 112 Å². The molecule has 0 bridgehead atoms. The molecule has 0 amide bonds. The molecule has 4 aromatic rings. The highest BCUT2D eigenvalue weighted by molar-refractivity contribution is 14.0. The second-order valence-electron chi connectivity index (χ2n) is 22.3. The fourth-order valence-electron chi connectivity index (χ4n) is 7.50. The number of hydrogen-bond acceptors (Lipinski definition) is 10. The molecule has 0 fully saturated rings. The standard InChI is InChI=1S/C16H26N2OS.C16H23NO.C15H24N2OS.C11H14N2O.ClH.HI/c1-15(2,3)18-14(20-5)17-12-11-16(4,19)13-9-7-6-8-10-13;1-15(2,3)12-14-17-11-10-16(4,18-14)13-8-6-5-7-9-13;1-14(2,3)17-13(19)16-11-10-15(4,18)12-8-6-5-7-9-12;1-11(7-8-13-10(12)14-11)9-5-3-2-4-6-9;;/h6-10,19H,11-12H2,1-5H3,(H,17,18);5-9H,10-12H2,1-4H3;5-9,18H,10-11H2,1-4H3,(H2,16,17,19);2-6H,7-8H2,1H3,(H2,12,13);2*1H. The molecule has 0 aromatic heterocycles. The lowest BCUT2D eigenvalue weighted by molar-refractivity contribution is 0.0464. The van der Waals surface area contributed by atoms with E-state index in [4.69, 9.17) is 27.4 Å². The van der Waals surface area contributed by atoms with Crippen molar-refractivity contribution in [2.45, 2.75) is 156 Å². The SMILES string of the molecule is CC(C)(C)CC1=NCCC(C)(c2ccccc2)O1.CC(C)(C)NC(=S)NCCC(C)(O)c1ccccc1.CC1(c2ccccc2)CCN=C(N)O1.CSC(=NCCC(C)(O)c1ccccc1)NC(C)(C)C.Cl.I. The van der Waals surface area contributed by atoms with Crippen molar-refractivity contribution in [2.24, 2.45) is 26.1 Å². The van der Waals surface area contributed by atoms with Crippen molar-refractivity contribution in [3.8, 4) is 0 Å². The highest BCUT2D eigenvalue weighted by Gasteiger charge is 2.34. The van der Waals surface area contributed by atoms with Crippen LogP contribution in [0.4, 0.5) is 0 Å². The van der Waals surface area contributed by atoms with E-state index < -0.39 is 11.2 Å². The zero-order chi connectivity index (χ0) is 53.0. The van der Waals surface area contributed by atoms with Gasteiger partial charge in [-0.25, -0.2) is 4.99 Å². The molecule has 0 saturated carbocycles. The van der Waals surface area contributed by atoms with E-state index in [9.17, 15) is 10.2 Å². The van der Waals surface area contributed by atoms with Crippen molar-refractivity contribution in [1.29, 1.82) is 0 Å². The zero-order valence-electron chi connectivity index (χ0n) is 46.2. The first-order valence-electron chi connectivity index (χ1n) is 24.9. The minimum atomic E-state index is -0.842. The summed E-state index contributed by atoms with van der Waals surface area (Å²) in [5, 5.41) is 32.1. The number of rotatable bonds is 11. The van der Waals surface area contributed by atoms with Gasteiger partial charge in [0.2, 0.25) is 0 Å². The summed E-state index contributed by atoms with van der Waals surface area (Å²) in [6, 6.07) is 40.3. The molecular weight excluding hydrogens is 1090 g/mol. The lowest BCUT2D eigenvalue weighted by Gasteiger charge is -2.36. The van der Waals surface area contributed by atoms with Crippen molar-refractivity contribution in [1.82, 2.24) is 16.0 Å². The second kappa shape index (κ2) is 30.6. The number of aliphatic imine (C=N–C) groups is 3. The van der Waals surface area contributed by atoms with Crippen LogP contribution < -0.4 is 21.7 Å². The van der Waals surface area contributed by atoms with E-state index in [2.05, 4.69) is 137 Å². The summed E-state index contributed by atoms with van der Waals surface area (Å²) in [7, 11) is 0. The molecule has 0 saturated heterocycles. The smallest absolute Gasteiger partial charge is 0.282 e. The maximum absolute atomic E-state index is 10.5. The molecule has 0 radical (unpaired) electrons. The Morgan fingerprint density at radius 1 is 0.658 bits per heavy atom. The van der Waals surface area contributed by atoms with E-state index in [1.165, 1.54) is 5.56 Å². The van der Waals surface area contributed by atoms with Crippen LogP contribution >= 0.6 is 60.4 Å². The number of ether oxygens (including phenoxy) is 2. The molecule has 2 heterocycles. The van der Waals surface area contributed by atoms with Crippen LogP contribution in [0.3, 0.4) is 0 Å². The first kappa shape index (κ1) is 67.1. The van der Waals surface area contributed by atoms with Crippen LogP contribution in [0, 0.1) is 5.41 Å². The van der Waals surface area contributed by atoms with E-state index in [0.717, 1.165) is 60.1 Å². The Bertz CT molecular complexity index is 2290. The van der Waals surface area contributed by atoms with Crippen molar-refractivity contribution in [3.05, 3.63) is 144 Å². The number of thioether (sulfide) groups is 1. The van der Waals surface area contributed by atoms with Gasteiger partial charge in [-0.15, -0.1) is 36.4 Å². The topological polar surface area (TPSA) is 158 Å². The largest absolute Gasteiger partial charge is 0.470 e. The average molecular weight is 1170 g/mol. The lowest BCUT2D eigenvalue weighted by atomic mass is 9.89. The number of aliphatic hydroxyl groups is 2. The van der Waals surface area contributed by atoms with Gasteiger partial charge in [-0.3, -0.25) is 9.98 Å². The second-order valence-corrected chi connectivity index (χ2v) is 23.5. The Labute approximate surface area is 472 Å². The van der Waals surface area contributed by atoms with Crippen molar-refractivity contribution >= 4 is 82.6 Å². The van der Waals surface area contributed by atoms with Gasteiger partial charge in [0.05, 0.1) is 11.2 Å². The summed E-state index contributed by atoms with van der Waals surface area (Å²) < 4.78 is 11.8. The van der Waals surface area contributed by atoms with Gasteiger partial charge >= 0.3 is 0 Å². The highest BCUT2D eigenvalue weighted by atomic mass is 127. The van der Waals surface area contributed by atoms with Crippen molar-refractivity contribution in [2.75, 3.05) is 32.4 Å². The molecule has 4 unspecified atom stereocenters. The van der Waals surface area contributed by atoms with Crippen LogP contribution in [0.5, 0.6) is 0 Å². The predicted molar refractivity (Wildman–Crippen MR) is 328 cm³/mol. The number of nitrogens with two attached hydrogens (primary N) is 1. The van der Waals surface area contributed by atoms with E-state index in [-0.39, 0.29) is 64.1 Å². The first-order chi connectivity index (χ1) is 33.0. The van der Waals surface area contributed by atoms with Gasteiger partial charge in [0.25, 0.3) is 6.02 Å². The Balaban J connectivity index is 0.000000485. The number of nitrogens with zero attached hydrogens (tertiary/aromatic N) is 3. The average Bonchev–Trinajstić information content (AvgIpc) is 3.29. The fraction of sp³-hybridized carbons (Fsp3) is 0.517. The molecule has 15 heteroatoms. The number of amidine groups is 2. The van der Waals surface area contributed by atoms with E-state index >= 15 is 0 Å². The van der Waals surface area contributed by atoms with Gasteiger partial charge in [-0.2, -0.15) is 0 Å². The molecule has 0 aliphatic carbocycles. The molecule has 11 nitrogen and oxygen atoms in total. The number of benzene rings is 4. The maximum atomic E-state index is 10.5. The summed E-state index contributed by atoms with van der Waals surface area (Å²) in [6.07, 6.45) is 5.93. The molecule has 6 rings (SSSR count). The summed E-state index contributed by atoms with van der Waals surface area (Å²) in [5.74, 6) is 0.903.